The van der Waals surface area contributed by atoms with Crippen LogP contribution in [0, 0.1) is 18.8 Å². The summed E-state index contributed by atoms with van der Waals surface area (Å²) in [5.74, 6) is 6.39. The number of benzene rings is 1. The normalized spacial score (nSPS) is 12.2. The van der Waals surface area contributed by atoms with E-state index in [2.05, 4.69) is 17.9 Å². The monoisotopic (exact) mass is 228 g/mol. The van der Waals surface area contributed by atoms with E-state index in [0.29, 0.717) is 18.6 Å². The SMILES string of the molecule is CC#CCCC(O)c1cc2cc(C)ccc2o1. The number of aryl methyl sites for hydroxylation is 1. The zero-order chi connectivity index (χ0) is 12.3. The molecule has 1 unspecified atom stereocenters. The molecule has 1 heterocycles. The van der Waals surface area contributed by atoms with Crippen LogP contribution in [-0.2, 0) is 0 Å². The topological polar surface area (TPSA) is 33.4 Å². The van der Waals surface area contributed by atoms with Gasteiger partial charge in [0.1, 0.15) is 17.4 Å². The summed E-state index contributed by atoms with van der Waals surface area (Å²) in [6, 6.07) is 7.91. The van der Waals surface area contributed by atoms with Crippen LogP contribution in [0.4, 0.5) is 0 Å². The third-order valence-electron chi connectivity index (χ3n) is 2.74. The minimum Gasteiger partial charge on any atom is -0.458 e. The van der Waals surface area contributed by atoms with Gasteiger partial charge in [-0.3, -0.25) is 0 Å². The standard InChI is InChI=1S/C15H16O2/c1-3-4-5-6-13(16)15-10-12-9-11(2)7-8-14(12)17-15/h7-10,13,16H,5-6H2,1-2H3. The molecular weight excluding hydrogens is 212 g/mol. The van der Waals surface area contributed by atoms with Crippen molar-refractivity contribution in [1.29, 1.82) is 0 Å². The highest BCUT2D eigenvalue weighted by Crippen LogP contribution is 2.26. The second-order valence-corrected chi connectivity index (χ2v) is 4.17. The van der Waals surface area contributed by atoms with E-state index in [0.717, 1.165) is 11.0 Å². The van der Waals surface area contributed by atoms with Crippen molar-refractivity contribution in [2.45, 2.75) is 32.8 Å². The van der Waals surface area contributed by atoms with E-state index >= 15 is 0 Å². The number of hydrogen-bond donors (Lipinski definition) is 1. The van der Waals surface area contributed by atoms with E-state index in [9.17, 15) is 5.11 Å². The second kappa shape index (κ2) is 5.07. The zero-order valence-electron chi connectivity index (χ0n) is 10.2. The largest absolute Gasteiger partial charge is 0.458 e. The van der Waals surface area contributed by atoms with Crippen LogP contribution in [0.2, 0.25) is 0 Å². The third kappa shape index (κ3) is 2.69. The Kier molecular flexibility index (Phi) is 3.51. The van der Waals surface area contributed by atoms with E-state index < -0.39 is 6.10 Å². The average Bonchev–Trinajstić information content (AvgIpc) is 2.72. The van der Waals surface area contributed by atoms with Crippen molar-refractivity contribution in [2.75, 3.05) is 0 Å². The van der Waals surface area contributed by atoms with Gasteiger partial charge in [0.25, 0.3) is 0 Å². The molecule has 0 aliphatic rings. The van der Waals surface area contributed by atoms with E-state index in [1.165, 1.54) is 5.56 Å². The van der Waals surface area contributed by atoms with Gasteiger partial charge in [-0.05, 0) is 38.5 Å². The Labute approximate surface area is 101 Å². The Hall–Kier alpha value is -1.72. The Morgan fingerprint density at radius 1 is 1.35 bits per heavy atom. The lowest BCUT2D eigenvalue weighted by atomic mass is 10.1. The van der Waals surface area contributed by atoms with Gasteiger partial charge in [0, 0.05) is 11.8 Å². The molecule has 0 saturated heterocycles. The Morgan fingerprint density at radius 3 is 2.94 bits per heavy atom. The van der Waals surface area contributed by atoms with Gasteiger partial charge < -0.3 is 9.52 Å². The van der Waals surface area contributed by atoms with Crippen molar-refractivity contribution < 1.29 is 9.52 Å². The van der Waals surface area contributed by atoms with Crippen molar-refractivity contribution in [1.82, 2.24) is 0 Å². The molecule has 1 atom stereocenters. The maximum absolute atomic E-state index is 9.96. The minimum absolute atomic E-state index is 0.566. The summed E-state index contributed by atoms with van der Waals surface area (Å²) in [6.45, 7) is 3.84. The number of hydrogen-bond acceptors (Lipinski definition) is 2. The molecule has 2 nitrogen and oxygen atoms in total. The van der Waals surface area contributed by atoms with Gasteiger partial charge in [-0.1, -0.05) is 11.6 Å². The van der Waals surface area contributed by atoms with E-state index in [1.807, 2.05) is 25.1 Å². The smallest absolute Gasteiger partial charge is 0.134 e. The van der Waals surface area contributed by atoms with E-state index in [1.54, 1.807) is 6.92 Å². The quantitative estimate of drug-likeness (QED) is 0.814. The summed E-state index contributed by atoms with van der Waals surface area (Å²) in [5, 5.41) is 11.0. The first-order valence-electron chi connectivity index (χ1n) is 5.78. The molecule has 0 amide bonds. The van der Waals surface area contributed by atoms with Gasteiger partial charge in [-0.15, -0.1) is 11.8 Å². The van der Waals surface area contributed by atoms with Crippen LogP contribution >= 0.6 is 0 Å². The first-order chi connectivity index (χ1) is 8.20. The van der Waals surface area contributed by atoms with Gasteiger partial charge in [-0.2, -0.15) is 0 Å². The minimum atomic E-state index is -0.566. The van der Waals surface area contributed by atoms with Crippen LogP contribution in [0.1, 0.15) is 37.2 Å². The molecule has 0 aliphatic carbocycles. The summed E-state index contributed by atoms with van der Waals surface area (Å²) in [7, 11) is 0. The lowest BCUT2D eigenvalue weighted by Crippen LogP contribution is -1.94. The van der Waals surface area contributed by atoms with Crippen LogP contribution < -0.4 is 0 Å². The Morgan fingerprint density at radius 2 is 2.18 bits per heavy atom. The number of furan rings is 1. The molecule has 1 aromatic heterocycles. The summed E-state index contributed by atoms with van der Waals surface area (Å²) in [6.07, 6.45) is 0.733. The fourth-order valence-corrected chi connectivity index (χ4v) is 1.82. The zero-order valence-corrected chi connectivity index (χ0v) is 10.2. The van der Waals surface area contributed by atoms with Crippen LogP contribution in [0.25, 0.3) is 11.0 Å². The molecule has 0 aliphatic heterocycles. The van der Waals surface area contributed by atoms with Crippen molar-refractivity contribution in [3.63, 3.8) is 0 Å². The molecule has 2 heteroatoms. The van der Waals surface area contributed by atoms with Gasteiger partial charge in [-0.25, -0.2) is 0 Å². The lowest BCUT2D eigenvalue weighted by molar-refractivity contribution is 0.144. The summed E-state index contributed by atoms with van der Waals surface area (Å²) in [5.41, 5.74) is 2.02. The molecule has 17 heavy (non-hydrogen) atoms. The molecule has 2 aromatic rings. The van der Waals surface area contributed by atoms with Gasteiger partial charge in [0.05, 0.1) is 0 Å². The fraction of sp³-hybridized carbons (Fsp3) is 0.333. The number of aliphatic hydroxyl groups excluding tert-OH is 1. The van der Waals surface area contributed by atoms with Crippen molar-refractivity contribution in [3.05, 3.63) is 35.6 Å². The molecule has 0 fully saturated rings. The molecule has 0 radical (unpaired) electrons. The molecule has 1 aromatic carbocycles. The second-order valence-electron chi connectivity index (χ2n) is 4.17. The van der Waals surface area contributed by atoms with E-state index in [4.69, 9.17) is 4.42 Å². The molecule has 88 valence electrons. The van der Waals surface area contributed by atoms with Gasteiger partial charge in [0.15, 0.2) is 0 Å². The molecular formula is C15H16O2. The first kappa shape index (κ1) is 11.8. The molecule has 1 N–H and O–H groups in total. The molecule has 0 spiro atoms. The van der Waals surface area contributed by atoms with Crippen LogP contribution in [0.15, 0.2) is 28.7 Å². The van der Waals surface area contributed by atoms with Gasteiger partial charge in [0.2, 0.25) is 0 Å². The summed E-state index contributed by atoms with van der Waals surface area (Å²) < 4.78 is 5.62. The number of aliphatic hydroxyl groups is 1. The molecule has 2 rings (SSSR count). The van der Waals surface area contributed by atoms with Crippen molar-refractivity contribution in [3.8, 4) is 11.8 Å². The highest BCUT2D eigenvalue weighted by atomic mass is 16.4. The first-order valence-corrected chi connectivity index (χ1v) is 5.78. The third-order valence-corrected chi connectivity index (χ3v) is 2.74. The predicted molar refractivity (Wildman–Crippen MR) is 68.6 cm³/mol. The van der Waals surface area contributed by atoms with Crippen molar-refractivity contribution in [2.24, 2.45) is 0 Å². The summed E-state index contributed by atoms with van der Waals surface area (Å²) >= 11 is 0. The molecule has 0 saturated carbocycles. The average molecular weight is 228 g/mol. The van der Waals surface area contributed by atoms with E-state index in [-0.39, 0.29) is 0 Å². The Balaban J connectivity index is 2.20. The Bertz CT molecular complexity index is 569. The molecule has 0 bridgehead atoms. The van der Waals surface area contributed by atoms with Crippen molar-refractivity contribution >= 4 is 11.0 Å². The number of fused-ring (bicyclic) bond motifs is 1. The van der Waals surface area contributed by atoms with Gasteiger partial charge >= 0.3 is 0 Å². The highest BCUT2D eigenvalue weighted by molar-refractivity contribution is 5.78. The van der Waals surface area contributed by atoms with Crippen LogP contribution in [-0.4, -0.2) is 5.11 Å². The summed E-state index contributed by atoms with van der Waals surface area (Å²) in [4.78, 5) is 0. The predicted octanol–water partition coefficient (Wildman–Crippen LogP) is 3.58. The lowest BCUT2D eigenvalue weighted by Gasteiger charge is -2.03. The van der Waals surface area contributed by atoms with Crippen LogP contribution in [0.5, 0.6) is 0 Å². The van der Waals surface area contributed by atoms with Crippen LogP contribution in [0.3, 0.4) is 0 Å². The fourth-order valence-electron chi connectivity index (χ4n) is 1.82. The number of rotatable bonds is 3. The highest BCUT2D eigenvalue weighted by Gasteiger charge is 2.12. The maximum atomic E-state index is 9.96. The maximum Gasteiger partial charge on any atom is 0.134 e.